The molecule has 1 saturated carbocycles. The van der Waals surface area contributed by atoms with Crippen molar-refractivity contribution in [2.45, 2.75) is 64.5 Å². The third-order valence-corrected chi connectivity index (χ3v) is 6.24. The summed E-state index contributed by atoms with van der Waals surface area (Å²) >= 11 is 1.50. The first-order valence-electron chi connectivity index (χ1n) is 10.3. The third-order valence-electron chi connectivity index (χ3n) is 5.37. The fourth-order valence-electron chi connectivity index (χ4n) is 3.81. The lowest BCUT2D eigenvalue weighted by Crippen LogP contribution is -2.48. The maximum atomic E-state index is 12.8. The molecule has 0 spiro atoms. The quantitative estimate of drug-likeness (QED) is 0.608. The summed E-state index contributed by atoms with van der Waals surface area (Å²) in [5, 5.41) is 10.1. The number of thiazole rings is 1. The molecule has 30 heavy (non-hydrogen) atoms. The molecule has 1 fully saturated rings. The number of aromatic nitrogens is 3. The van der Waals surface area contributed by atoms with Crippen LogP contribution in [0.3, 0.4) is 0 Å². The lowest BCUT2D eigenvalue weighted by Gasteiger charge is -2.35. The first kappa shape index (κ1) is 20.5. The van der Waals surface area contributed by atoms with E-state index in [1.807, 2.05) is 36.6 Å². The molecule has 0 radical (unpaired) electrons. The zero-order chi connectivity index (χ0) is 21.0. The highest BCUT2D eigenvalue weighted by Gasteiger charge is 2.39. The highest BCUT2D eigenvalue weighted by molar-refractivity contribution is 7.09. The number of rotatable bonds is 7. The molecule has 1 aliphatic carbocycles. The number of amides is 1. The summed E-state index contributed by atoms with van der Waals surface area (Å²) in [6, 6.07) is 7.92. The Morgan fingerprint density at radius 2 is 1.93 bits per heavy atom. The van der Waals surface area contributed by atoms with Gasteiger partial charge in [0.15, 0.2) is 5.82 Å². The number of benzene rings is 1. The molecule has 0 bridgehead atoms. The maximum absolute atomic E-state index is 12.8. The minimum absolute atomic E-state index is 0.0735. The fraction of sp³-hybridized carbons (Fsp3) is 0.455. The van der Waals surface area contributed by atoms with Gasteiger partial charge in [0.25, 0.3) is 0 Å². The van der Waals surface area contributed by atoms with Gasteiger partial charge in [-0.1, -0.05) is 42.1 Å². The Bertz CT molecular complexity index is 990. The van der Waals surface area contributed by atoms with E-state index < -0.39 is 5.54 Å². The van der Waals surface area contributed by atoms with E-state index in [9.17, 15) is 4.79 Å². The van der Waals surface area contributed by atoms with E-state index >= 15 is 0 Å². The Labute approximate surface area is 179 Å². The molecule has 1 aromatic carbocycles. The van der Waals surface area contributed by atoms with Crippen LogP contribution in [0.2, 0.25) is 0 Å². The van der Waals surface area contributed by atoms with Crippen molar-refractivity contribution in [1.29, 1.82) is 0 Å². The Morgan fingerprint density at radius 1 is 1.17 bits per heavy atom. The van der Waals surface area contributed by atoms with Gasteiger partial charge in [0.1, 0.15) is 22.9 Å². The van der Waals surface area contributed by atoms with Crippen molar-refractivity contribution < 1.29 is 14.1 Å². The molecule has 3 aromatic rings. The largest absolute Gasteiger partial charge is 0.486 e. The summed E-state index contributed by atoms with van der Waals surface area (Å²) in [7, 11) is 0. The van der Waals surface area contributed by atoms with Crippen molar-refractivity contribution in [2.75, 3.05) is 0 Å². The molecule has 7 nitrogen and oxygen atoms in total. The number of carbonyl (C=O) groups is 1. The van der Waals surface area contributed by atoms with Crippen molar-refractivity contribution >= 4 is 17.2 Å². The van der Waals surface area contributed by atoms with E-state index in [0.29, 0.717) is 18.3 Å². The molecule has 4 rings (SSSR count). The molecular weight excluding hydrogens is 400 g/mol. The number of nitrogens with zero attached hydrogens (tertiary/aromatic N) is 3. The van der Waals surface area contributed by atoms with E-state index in [1.165, 1.54) is 16.9 Å². The van der Waals surface area contributed by atoms with E-state index in [-0.39, 0.29) is 12.3 Å². The number of carbonyl (C=O) groups excluding carboxylic acids is 1. The van der Waals surface area contributed by atoms with Gasteiger partial charge in [0, 0.05) is 12.3 Å². The summed E-state index contributed by atoms with van der Waals surface area (Å²) < 4.78 is 11.0. The van der Waals surface area contributed by atoms with Gasteiger partial charge >= 0.3 is 0 Å². The smallest absolute Gasteiger partial charge is 0.226 e. The van der Waals surface area contributed by atoms with Gasteiger partial charge in [-0.05, 0) is 31.9 Å². The van der Waals surface area contributed by atoms with Gasteiger partial charge < -0.3 is 14.6 Å². The number of aryl methyl sites for hydroxylation is 2. The zero-order valence-electron chi connectivity index (χ0n) is 17.3. The van der Waals surface area contributed by atoms with Gasteiger partial charge in [-0.25, -0.2) is 4.98 Å². The standard InChI is InChI=1S/C22H26N4O3S/c1-15-6-8-18(9-7-15)28-13-20-24-17(14-30-20)12-19(27)25-22(10-4-3-5-11-22)21-23-16(2)29-26-21/h6-9,14H,3-5,10-13H2,1-2H3,(H,25,27). The Morgan fingerprint density at radius 3 is 2.63 bits per heavy atom. The molecule has 2 aromatic heterocycles. The Balaban J connectivity index is 1.37. The molecule has 0 saturated heterocycles. The Kier molecular flexibility index (Phi) is 6.13. The van der Waals surface area contributed by atoms with Crippen molar-refractivity contribution in [3.63, 3.8) is 0 Å². The summed E-state index contributed by atoms with van der Waals surface area (Å²) in [6.07, 6.45) is 5.09. The summed E-state index contributed by atoms with van der Waals surface area (Å²) in [6.45, 7) is 4.20. The molecule has 0 atom stereocenters. The minimum Gasteiger partial charge on any atom is -0.486 e. The van der Waals surface area contributed by atoms with E-state index in [0.717, 1.165) is 48.6 Å². The minimum atomic E-state index is -0.541. The van der Waals surface area contributed by atoms with Crippen LogP contribution in [0.5, 0.6) is 5.75 Å². The van der Waals surface area contributed by atoms with E-state index in [4.69, 9.17) is 9.26 Å². The van der Waals surface area contributed by atoms with Gasteiger partial charge in [0.2, 0.25) is 11.8 Å². The second-order valence-electron chi connectivity index (χ2n) is 7.84. The second-order valence-corrected chi connectivity index (χ2v) is 8.78. The normalized spacial score (nSPS) is 15.7. The lowest BCUT2D eigenvalue weighted by atomic mass is 9.81. The van der Waals surface area contributed by atoms with Gasteiger partial charge in [-0.15, -0.1) is 11.3 Å². The molecule has 1 amide bonds. The monoisotopic (exact) mass is 426 g/mol. The fourth-order valence-corrected chi connectivity index (χ4v) is 4.51. The van der Waals surface area contributed by atoms with Crippen molar-refractivity contribution in [1.82, 2.24) is 20.4 Å². The highest BCUT2D eigenvalue weighted by atomic mass is 32.1. The maximum Gasteiger partial charge on any atom is 0.226 e. The zero-order valence-corrected chi connectivity index (χ0v) is 18.1. The summed E-state index contributed by atoms with van der Waals surface area (Å²) in [5.41, 5.74) is 1.40. The van der Waals surface area contributed by atoms with Crippen LogP contribution < -0.4 is 10.1 Å². The topological polar surface area (TPSA) is 90.1 Å². The van der Waals surface area contributed by atoms with Gasteiger partial charge in [0.05, 0.1) is 12.1 Å². The van der Waals surface area contributed by atoms with Crippen LogP contribution in [-0.2, 0) is 23.4 Å². The first-order valence-corrected chi connectivity index (χ1v) is 11.1. The van der Waals surface area contributed by atoms with Crippen molar-refractivity contribution in [2.24, 2.45) is 0 Å². The molecule has 0 unspecified atom stereocenters. The highest BCUT2D eigenvalue weighted by Crippen LogP contribution is 2.35. The predicted octanol–water partition coefficient (Wildman–Crippen LogP) is 4.24. The lowest BCUT2D eigenvalue weighted by molar-refractivity contribution is -0.123. The van der Waals surface area contributed by atoms with Crippen molar-refractivity contribution in [3.05, 3.63) is 57.6 Å². The summed E-state index contributed by atoms with van der Waals surface area (Å²) in [5.74, 6) is 1.83. The second kappa shape index (κ2) is 8.95. The molecule has 2 heterocycles. The van der Waals surface area contributed by atoms with Crippen LogP contribution in [0.4, 0.5) is 0 Å². The van der Waals surface area contributed by atoms with Crippen LogP contribution in [0.1, 0.15) is 60.1 Å². The SMILES string of the molecule is Cc1ccc(OCc2nc(CC(=O)NC3(c4noc(C)n4)CCCCC3)cs2)cc1. The molecule has 158 valence electrons. The van der Waals surface area contributed by atoms with Gasteiger partial charge in [-0.3, -0.25) is 4.79 Å². The van der Waals surface area contributed by atoms with E-state index in [2.05, 4.69) is 20.4 Å². The van der Waals surface area contributed by atoms with Crippen LogP contribution in [0, 0.1) is 13.8 Å². The van der Waals surface area contributed by atoms with Crippen LogP contribution in [0.15, 0.2) is 34.2 Å². The van der Waals surface area contributed by atoms with Gasteiger partial charge in [-0.2, -0.15) is 4.98 Å². The molecule has 0 aliphatic heterocycles. The number of ether oxygens (including phenoxy) is 1. The number of nitrogens with one attached hydrogen (secondary N) is 1. The van der Waals surface area contributed by atoms with E-state index in [1.54, 1.807) is 6.92 Å². The van der Waals surface area contributed by atoms with Crippen molar-refractivity contribution in [3.8, 4) is 5.75 Å². The first-order chi connectivity index (χ1) is 14.5. The average Bonchev–Trinajstić information content (AvgIpc) is 3.37. The number of hydrogen-bond acceptors (Lipinski definition) is 7. The predicted molar refractivity (Wildman–Crippen MR) is 113 cm³/mol. The third kappa shape index (κ3) is 4.87. The average molecular weight is 427 g/mol. The summed E-state index contributed by atoms with van der Waals surface area (Å²) in [4.78, 5) is 21.8. The Hall–Kier alpha value is -2.74. The molecular formula is C22H26N4O3S. The van der Waals surface area contributed by atoms with Crippen LogP contribution in [0.25, 0.3) is 0 Å². The molecule has 1 aliphatic rings. The van der Waals surface area contributed by atoms with Crippen LogP contribution in [-0.4, -0.2) is 21.0 Å². The van der Waals surface area contributed by atoms with Crippen LogP contribution >= 0.6 is 11.3 Å². The molecule has 1 N–H and O–H groups in total. The number of hydrogen-bond donors (Lipinski definition) is 1. The molecule has 8 heteroatoms.